The maximum absolute atomic E-state index is 11.4. The Labute approximate surface area is 110 Å². The SMILES string of the molecule is O=C(O)N(c1ccc(Br)cc1)C1CCCCC1. The number of hydrogen-bond acceptors (Lipinski definition) is 1. The predicted octanol–water partition coefficient (Wildman–Crippen LogP) is 4.27. The second-order valence-corrected chi connectivity index (χ2v) is 5.34. The Morgan fingerprint density at radius 1 is 1.18 bits per heavy atom. The molecule has 92 valence electrons. The summed E-state index contributed by atoms with van der Waals surface area (Å²) in [6.45, 7) is 0. The summed E-state index contributed by atoms with van der Waals surface area (Å²) in [6, 6.07) is 7.62. The molecule has 1 amide bonds. The summed E-state index contributed by atoms with van der Waals surface area (Å²) in [7, 11) is 0. The van der Waals surface area contributed by atoms with Crippen LogP contribution in [0.15, 0.2) is 28.7 Å². The first-order chi connectivity index (χ1) is 8.18. The van der Waals surface area contributed by atoms with Gasteiger partial charge in [-0.25, -0.2) is 4.79 Å². The molecule has 1 aromatic carbocycles. The first-order valence-corrected chi connectivity index (χ1v) is 6.75. The molecule has 0 aliphatic heterocycles. The van der Waals surface area contributed by atoms with Crippen molar-refractivity contribution in [3.63, 3.8) is 0 Å². The number of rotatable bonds is 2. The predicted molar refractivity (Wildman–Crippen MR) is 71.5 cm³/mol. The number of nitrogens with zero attached hydrogens (tertiary/aromatic N) is 1. The number of carboxylic acid groups (broad SMARTS) is 1. The minimum Gasteiger partial charge on any atom is -0.465 e. The van der Waals surface area contributed by atoms with Crippen LogP contribution in [0.25, 0.3) is 0 Å². The zero-order chi connectivity index (χ0) is 12.3. The lowest BCUT2D eigenvalue weighted by Crippen LogP contribution is -2.40. The summed E-state index contributed by atoms with van der Waals surface area (Å²) in [5.41, 5.74) is 0.771. The molecule has 1 fully saturated rings. The number of halogens is 1. The highest BCUT2D eigenvalue weighted by atomic mass is 79.9. The standard InChI is InChI=1S/C13H16BrNO2/c14-10-6-8-12(9-7-10)15(13(16)17)11-4-2-1-3-5-11/h6-9,11H,1-5H2,(H,16,17). The maximum Gasteiger partial charge on any atom is 0.412 e. The van der Waals surface area contributed by atoms with Crippen LogP contribution in [0, 0.1) is 0 Å². The van der Waals surface area contributed by atoms with Gasteiger partial charge in [0.25, 0.3) is 0 Å². The quantitative estimate of drug-likeness (QED) is 0.886. The van der Waals surface area contributed by atoms with Crippen LogP contribution >= 0.6 is 15.9 Å². The molecule has 0 atom stereocenters. The zero-order valence-electron chi connectivity index (χ0n) is 9.60. The van der Waals surface area contributed by atoms with Crippen molar-refractivity contribution in [2.75, 3.05) is 4.90 Å². The van der Waals surface area contributed by atoms with Crippen LogP contribution in [0.4, 0.5) is 10.5 Å². The first kappa shape index (κ1) is 12.4. The van der Waals surface area contributed by atoms with Crippen molar-refractivity contribution in [1.82, 2.24) is 0 Å². The highest BCUT2D eigenvalue weighted by Gasteiger charge is 2.26. The summed E-state index contributed by atoms with van der Waals surface area (Å²) >= 11 is 3.36. The Hall–Kier alpha value is -1.03. The lowest BCUT2D eigenvalue weighted by atomic mass is 9.94. The van der Waals surface area contributed by atoms with Crippen LogP contribution in [-0.4, -0.2) is 17.2 Å². The van der Waals surface area contributed by atoms with E-state index in [1.54, 1.807) is 0 Å². The maximum atomic E-state index is 11.4. The highest BCUT2D eigenvalue weighted by molar-refractivity contribution is 9.10. The normalized spacial score (nSPS) is 16.8. The van der Waals surface area contributed by atoms with E-state index in [-0.39, 0.29) is 6.04 Å². The average Bonchev–Trinajstić information content (AvgIpc) is 2.33. The van der Waals surface area contributed by atoms with Crippen molar-refractivity contribution in [2.45, 2.75) is 38.1 Å². The van der Waals surface area contributed by atoms with Crippen LogP contribution in [0.3, 0.4) is 0 Å². The van der Waals surface area contributed by atoms with Crippen molar-refractivity contribution >= 4 is 27.7 Å². The Balaban J connectivity index is 2.21. The van der Waals surface area contributed by atoms with Crippen molar-refractivity contribution < 1.29 is 9.90 Å². The lowest BCUT2D eigenvalue weighted by molar-refractivity contribution is 0.196. The van der Waals surface area contributed by atoms with Gasteiger partial charge in [0.15, 0.2) is 0 Å². The van der Waals surface area contributed by atoms with E-state index < -0.39 is 6.09 Å². The molecule has 0 aromatic heterocycles. The molecule has 0 unspecified atom stereocenters. The van der Waals surface area contributed by atoms with Crippen molar-refractivity contribution in [3.8, 4) is 0 Å². The van der Waals surface area contributed by atoms with Crippen LogP contribution in [0.5, 0.6) is 0 Å². The molecule has 1 saturated carbocycles. The Bertz CT molecular complexity index is 385. The second kappa shape index (κ2) is 5.54. The van der Waals surface area contributed by atoms with Crippen molar-refractivity contribution in [1.29, 1.82) is 0 Å². The molecule has 1 aliphatic rings. The fraction of sp³-hybridized carbons (Fsp3) is 0.462. The van der Waals surface area contributed by atoms with Gasteiger partial charge in [0.2, 0.25) is 0 Å². The van der Waals surface area contributed by atoms with Gasteiger partial charge in [0.1, 0.15) is 0 Å². The van der Waals surface area contributed by atoms with Crippen LogP contribution in [0.2, 0.25) is 0 Å². The molecule has 3 nitrogen and oxygen atoms in total. The molecule has 4 heteroatoms. The molecule has 0 bridgehead atoms. The summed E-state index contributed by atoms with van der Waals surface area (Å²) < 4.78 is 0.968. The van der Waals surface area contributed by atoms with Crippen LogP contribution in [0.1, 0.15) is 32.1 Å². The van der Waals surface area contributed by atoms with E-state index in [0.717, 1.165) is 35.8 Å². The zero-order valence-corrected chi connectivity index (χ0v) is 11.2. The van der Waals surface area contributed by atoms with Gasteiger partial charge in [-0.2, -0.15) is 0 Å². The molecule has 0 radical (unpaired) electrons. The fourth-order valence-electron chi connectivity index (χ4n) is 2.42. The van der Waals surface area contributed by atoms with Gasteiger partial charge in [-0.3, -0.25) is 4.90 Å². The third kappa shape index (κ3) is 3.00. The number of anilines is 1. The second-order valence-electron chi connectivity index (χ2n) is 4.42. The van der Waals surface area contributed by atoms with Gasteiger partial charge in [-0.15, -0.1) is 0 Å². The summed E-state index contributed by atoms with van der Waals surface area (Å²) in [5, 5.41) is 9.36. The largest absolute Gasteiger partial charge is 0.465 e. The summed E-state index contributed by atoms with van der Waals surface area (Å²) in [5.74, 6) is 0. The van der Waals surface area contributed by atoms with Gasteiger partial charge in [-0.1, -0.05) is 35.2 Å². The topological polar surface area (TPSA) is 40.5 Å². The molecule has 0 heterocycles. The Kier molecular flexibility index (Phi) is 4.05. The third-order valence-corrected chi connectivity index (χ3v) is 3.78. The Morgan fingerprint density at radius 3 is 2.29 bits per heavy atom. The highest BCUT2D eigenvalue weighted by Crippen LogP contribution is 2.28. The van der Waals surface area contributed by atoms with Gasteiger partial charge in [0, 0.05) is 16.2 Å². The minimum atomic E-state index is -0.848. The third-order valence-electron chi connectivity index (χ3n) is 3.25. The fourth-order valence-corrected chi connectivity index (χ4v) is 2.68. The number of hydrogen-bond donors (Lipinski definition) is 1. The van der Waals surface area contributed by atoms with Crippen molar-refractivity contribution in [3.05, 3.63) is 28.7 Å². The monoisotopic (exact) mass is 297 g/mol. The molecule has 0 saturated heterocycles. The summed E-state index contributed by atoms with van der Waals surface area (Å²) in [6.07, 6.45) is 4.59. The van der Waals surface area contributed by atoms with E-state index in [9.17, 15) is 9.90 Å². The Morgan fingerprint density at radius 2 is 1.76 bits per heavy atom. The van der Waals surface area contributed by atoms with Gasteiger partial charge in [-0.05, 0) is 37.1 Å². The molecule has 0 spiro atoms. The number of amides is 1. The van der Waals surface area contributed by atoms with E-state index >= 15 is 0 Å². The van der Waals surface area contributed by atoms with Crippen LogP contribution < -0.4 is 4.90 Å². The molecular weight excluding hydrogens is 282 g/mol. The average molecular weight is 298 g/mol. The molecule has 1 N–H and O–H groups in total. The molecule has 1 aliphatic carbocycles. The summed E-state index contributed by atoms with van der Waals surface area (Å²) in [4.78, 5) is 12.9. The van der Waals surface area contributed by atoms with Gasteiger partial charge >= 0.3 is 6.09 Å². The van der Waals surface area contributed by atoms with E-state index in [1.165, 1.54) is 11.3 Å². The molecular formula is C13H16BrNO2. The van der Waals surface area contributed by atoms with Crippen molar-refractivity contribution in [2.24, 2.45) is 0 Å². The van der Waals surface area contributed by atoms with Gasteiger partial charge in [0.05, 0.1) is 0 Å². The van der Waals surface area contributed by atoms with E-state index in [1.807, 2.05) is 24.3 Å². The molecule has 1 aromatic rings. The van der Waals surface area contributed by atoms with Crippen LogP contribution in [-0.2, 0) is 0 Å². The number of carbonyl (C=O) groups is 1. The first-order valence-electron chi connectivity index (χ1n) is 5.96. The molecule has 2 rings (SSSR count). The van der Waals surface area contributed by atoms with Gasteiger partial charge < -0.3 is 5.11 Å². The minimum absolute atomic E-state index is 0.141. The van der Waals surface area contributed by atoms with E-state index in [2.05, 4.69) is 15.9 Å². The van der Waals surface area contributed by atoms with E-state index in [4.69, 9.17) is 0 Å². The lowest BCUT2D eigenvalue weighted by Gasteiger charge is -2.32. The van der Waals surface area contributed by atoms with E-state index in [0.29, 0.717) is 0 Å². The smallest absolute Gasteiger partial charge is 0.412 e. The number of benzene rings is 1. The molecule has 17 heavy (non-hydrogen) atoms.